The van der Waals surface area contributed by atoms with Crippen molar-refractivity contribution in [2.75, 3.05) is 24.6 Å². The highest BCUT2D eigenvalue weighted by atomic mass is 32.1. The van der Waals surface area contributed by atoms with E-state index < -0.39 is 0 Å². The highest BCUT2D eigenvalue weighted by molar-refractivity contribution is 7.14. The van der Waals surface area contributed by atoms with E-state index >= 15 is 0 Å². The molecule has 0 saturated carbocycles. The number of amides is 1. The molecule has 1 amide bonds. The average Bonchev–Trinajstić information content (AvgIpc) is 3.24. The van der Waals surface area contributed by atoms with Crippen molar-refractivity contribution in [3.05, 3.63) is 65.5 Å². The molecular formula is C23H25N3O2S. The number of piperidine rings is 1. The SMILES string of the molecule is Cc1ccc(-c2csc(N3CCC(NC(=O)COc4ccccc4)CC3)n2)cc1. The van der Waals surface area contributed by atoms with E-state index in [2.05, 4.69) is 46.8 Å². The molecule has 0 spiro atoms. The van der Waals surface area contributed by atoms with Crippen LogP contribution in [0.4, 0.5) is 5.13 Å². The molecule has 0 unspecified atom stereocenters. The van der Waals surface area contributed by atoms with Gasteiger partial charge in [-0.15, -0.1) is 11.3 Å². The van der Waals surface area contributed by atoms with Gasteiger partial charge in [-0.25, -0.2) is 4.98 Å². The molecular weight excluding hydrogens is 382 g/mol. The Morgan fingerprint density at radius 2 is 1.86 bits per heavy atom. The van der Waals surface area contributed by atoms with Crippen molar-refractivity contribution in [3.8, 4) is 17.0 Å². The number of rotatable bonds is 6. The van der Waals surface area contributed by atoms with Crippen LogP contribution in [0.15, 0.2) is 60.0 Å². The predicted molar refractivity (Wildman–Crippen MR) is 118 cm³/mol. The zero-order chi connectivity index (χ0) is 20.1. The largest absolute Gasteiger partial charge is 0.484 e. The Morgan fingerprint density at radius 3 is 2.59 bits per heavy atom. The molecule has 3 aromatic rings. The Morgan fingerprint density at radius 1 is 1.14 bits per heavy atom. The van der Waals surface area contributed by atoms with Crippen molar-refractivity contribution >= 4 is 22.4 Å². The molecule has 0 bridgehead atoms. The van der Waals surface area contributed by atoms with Crippen LogP contribution in [0.5, 0.6) is 5.75 Å². The van der Waals surface area contributed by atoms with Crippen LogP contribution in [0.25, 0.3) is 11.3 Å². The molecule has 1 aromatic heterocycles. The number of ether oxygens (including phenoxy) is 1. The third kappa shape index (κ3) is 5.15. The fourth-order valence-corrected chi connectivity index (χ4v) is 4.31. The third-order valence-electron chi connectivity index (χ3n) is 5.08. The summed E-state index contributed by atoms with van der Waals surface area (Å²) >= 11 is 1.68. The lowest BCUT2D eigenvalue weighted by Crippen LogP contribution is -2.46. The number of hydrogen-bond donors (Lipinski definition) is 1. The Balaban J connectivity index is 1.25. The molecule has 1 aliphatic rings. The van der Waals surface area contributed by atoms with E-state index in [1.54, 1.807) is 11.3 Å². The van der Waals surface area contributed by atoms with Gasteiger partial charge in [-0.05, 0) is 31.9 Å². The van der Waals surface area contributed by atoms with Crippen LogP contribution in [-0.2, 0) is 4.79 Å². The first-order chi connectivity index (χ1) is 14.2. The first kappa shape index (κ1) is 19.5. The maximum absolute atomic E-state index is 12.2. The molecule has 2 aromatic carbocycles. The number of carbonyl (C=O) groups is 1. The van der Waals surface area contributed by atoms with Crippen LogP contribution in [-0.4, -0.2) is 36.6 Å². The topological polar surface area (TPSA) is 54.5 Å². The zero-order valence-corrected chi connectivity index (χ0v) is 17.3. The second kappa shape index (κ2) is 9.09. The fourth-order valence-electron chi connectivity index (χ4n) is 3.42. The number of benzene rings is 2. The quantitative estimate of drug-likeness (QED) is 0.663. The molecule has 5 nitrogen and oxygen atoms in total. The molecule has 150 valence electrons. The van der Waals surface area contributed by atoms with E-state index in [0.29, 0.717) is 5.75 Å². The molecule has 1 saturated heterocycles. The monoisotopic (exact) mass is 407 g/mol. The number of carbonyl (C=O) groups excluding carboxylic acids is 1. The minimum Gasteiger partial charge on any atom is -0.484 e. The van der Waals surface area contributed by atoms with Gasteiger partial charge >= 0.3 is 0 Å². The summed E-state index contributed by atoms with van der Waals surface area (Å²) in [5, 5.41) is 6.26. The second-order valence-corrected chi connectivity index (χ2v) is 8.15. The van der Waals surface area contributed by atoms with E-state index in [1.807, 2.05) is 30.3 Å². The molecule has 6 heteroatoms. The lowest BCUT2D eigenvalue weighted by Gasteiger charge is -2.32. The predicted octanol–water partition coefficient (Wildman–Crippen LogP) is 4.28. The molecule has 0 atom stereocenters. The minimum absolute atomic E-state index is 0.0522. The van der Waals surface area contributed by atoms with Crippen molar-refractivity contribution in [3.63, 3.8) is 0 Å². The van der Waals surface area contributed by atoms with Crippen molar-refractivity contribution in [2.24, 2.45) is 0 Å². The first-order valence-corrected chi connectivity index (χ1v) is 10.8. The summed E-state index contributed by atoms with van der Waals surface area (Å²) in [6, 6.07) is 18.1. The molecule has 1 N–H and O–H groups in total. The van der Waals surface area contributed by atoms with E-state index in [4.69, 9.17) is 9.72 Å². The van der Waals surface area contributed by atoms with Gasteiger partial charge in [-0.1, -0.05) is 48.0 Å². The molecule has 2 heterocycles. The van der Waals surface area contributed by atoms with Crippen molar-refractivity contribution < 1.29 is 9.53 Å². The molecule has 0 aliphatic carbocycles. The Kier molecular flexibility index (Phi) is 6.10. The number of anilines is 1. The van der Waals surface area contributed by atoms with Gasteiger partial charge in [0.25, 0.3) is 5.91 Å². The maximum Gasteiger partial charge on any atom is 0.258 e. The summed E-state index contributed by atoms with van der Waals surface area (Å²) in [6.07, 6.45) is 1.83. The molecule has 1 fully saturated rings. The van der Waals surface area contributed by atoms with Gasteiger partial charge in [-0.3, -0.25) is 4.79 Å². The fraction of sp³-hybridized carbons (Fsp3) is 0.304. The minimum atomic E-state index is -0.0665. The highest BCUT2D eigenvalue weighted by Crippen LogP contribution is 2.29. The van der Waals surface area contributed by atoms with Gasteiger partial charge in [-0.2, -0.15) is 0 Å². The van der Waals surface area contributed by atoms with Gasteiger partial charge in [0.2, 0.25) is 0 Å². The summed E-state index contributed by atoms with van der Waals surface area (Å²) in [7, 11) is 0. The number of nitrogens with one attached hydrogen (secondary N) is 1. The van der Waals surface area contributed by atoms with Crippen molar-refractivity contribution in [1.82, 2.24) is 10.3 Å². The summed E-state index contributed by atoms with van der Waals surface area (Å²) in [4.78, 5) is 19.3. The number of para-hydroxylation sites is 1. The number of aryl methyl sites for hydroxylation is 1. The Labute approximate surface area is 175 Å². The number of nitrogens with zero attached hydrogens (tertiary/aromatic N) is 2. The van der Waals surface area contributed by atoms with Gasteiger partial charge in [0.15, 0.2) is 11.7 Å². The number of aromatic nitrogens is 1. The lowest BCUT2D eigenvalue weighted by molar-refractivity contribution is -0.123. The van der Waals surface area contributed by atoms with Gasteiger partial charge in [0.05, 0.1) is 5.69 Å². The van der Waals surface area contributed by atoms with Crippen LogP contribution >= 0.6 is 11.3 Å². The second-order valence-electron chi connectivity index (χ2n) is 7.31. The highest BCUT2D eigenvalue weighted by Gasteiger charge is 2.22. The van der Waals surface area contributed by atoms with Crippen LogP contribution in [0, 0.1) is 6.92 Å². The van der Waals surface area contributed by atoms with Gasteiger partial charge < -0.3 is 15.0 Å². The normalized spacial score (nSPS) is 14.6. The van der Waals surface area contributed by atoms with Crippen molar-refractivity contribution in [2.45, 2.75) is 25.8 Å². The maximum atomic E-state index is 12.2. The average molecular weight is 408 g/mol. The zero-order valence-electron chi connectivity index (χ0n) is 16.5. The van der Waals surface area contributed by atoms with Gasteiger partial charge in [0.1, 0.15) is 5.75 Å². The van der Waals surface area contributed by atoms with E-state index in [0.717, 1.165) is 42.3 Å². The summed E-state index contributed by atoms with van der Waals surface area (Å²) in [6.45, 7) is 3.93. The number of thiazole rings is 1. The van der Waals surface area contributed by atoms with E-state index in [9.17, 15) is 4.79 Å². The Bertz CT molecular complexity index is 932. The number of hydrogen-bond acceptors (Lipinski definition) is 5. The smallest absolute Gasteiger partial charge is 0.258 e. The van der Waals surface area contributed by atoms with Crippen LogP contribution in [0.1, 0.15) is 18.4 Å². The van der Waals surface area contributed by atoms with Gasteiger partial charge in [0, 0.05) is 30.1 Å². The third-order valence-corrected chi connectivity index (χ3v) is 5.98. The lowest BCUT2D eigenvalue weighted by atomic mass is 10.1. The first-order valence-electron chi connectivity index (χ1n) is 9.92. The van der Waals surface area contributed by atoms with Crippen LogP contribution in [0.3, 0.4) is 0 Å². The molecule has 1 aliphatic heterocycles. The summed E-state index contributed by atoms with van der Waals surface area (Å²) in [5.74, 6) is 0.647. The van der Waals surface area contributed by atoms with Crippen LogP contribution < -0.4 is 15.0 Å². The van der Waals surface area contributed by atoms with E-state index in [-0.39, 0.29) is 18.6 Å². The molecule has 0 radical (unpaired) electrons. The molecule has 29 heavy (non-hydrogen) atoms. The Hall–Kier alpha value is -2.86. The summed E-state index contributed by atoms with van der Waals surface area (Å²) < 4.78 is 5.52. The standard InChI is InChI=1S/C23H25N3O2S/c1-17-7-9-18(10-8-17)21-16-29-23(25-21)26-13-11-19(12-14-26)24-22(27)15-28-20-5-3-2-4-6-20/h2-10,16,19H,11-15H2,1H3,(H,24,27). The molecule has 4 rings (SSSR count). The summed E-state index contributed by atoms with van der Waals surface area (Å²) in [5.41, 5.74) is 3.43. The van der Waals surface area contributed by atoms with Crippen molar-refractivity contribution in [1.29, 1.82) is 0 Å². The van der Waals surface area contributed by atoms with E-state index in [1.165, 1.54) is 5.56 Å². The van der Waals surface area contributed by atoms with Crippen LogP contribution in [0.2, 0.25) is 0 Å².